The highest BCUT2D eigenvalue weighted by Crippen LogP contribution is 2.22. The van der Waals surface area contributed by atoms with Crippen molar-refractivity contribution < 1.29 is 14.1 Å². The number of hydrogen-bond donors (Lipinski definition) is 1. The molecule has 0 radical (unpaired) electrons. The molecule has 0 spiro atoms. The van der Waals surface area contributed by atoms with Gasteiger partial charge in [-0.15, -0.1) is 0 Å². The summed E-state index contributed by atoms with van der Waals surface area (Å²) in [6.45, 7) is 3.97. The molecule has 26 heavy (non-hydrogen) atoms. The zero-order valence-corrected chi connectivity index (χ0v) is 14.9. The van der Waals surface area contributed by atoms with E-state index < -0.39 is 0 Å². The van der Waals surface area contributed by atoms with Gasteiger partial charge in [0.2, 0.25) is 11.7 Å². The Balaban J connectivity index is 1.59. The number of ether oxygens (including phenoxy) is 1. The molecule has 0 aliphatic carbocycles. The third kappa shape index (κ3) is 4.69. The molecule has 0 aliphatic rings. The number of rotatable bonds is 7. The van der Waals surface area contributed by atoms with Gasteiger partial charge in [0.05, 0.1) is 0 Å². The summed E-state index contributed by atoms with van der Waals surface area (Å²) in [4.78, 5) is 16.4. The van der Waals surface area contributed by atoms with Gasteiger partial charge in [0.25, 0.3) is 5.91 Å². The van der Waals surface area contributed by atoms with E-state index in [1.54, 1.807) is 12.1 Å². The largest absolute Gasteiger partial charge is 0.484 e. The van der Waals surface area contributed by atoms with Crippen LogP contribution in [-0.2, 0) is 11.2 Å². The van der Waals surface area contributed by atoms with Crippen LogP contribution in [-0.4, -0.2) is 22.7 Å². The first-order valence-electron chi connectivity index (χ1n) is 8.56. The summed E-state index contributed by atoms with van der Waals surface area (Å²) in [6.07, 6.45) is 1.70. The Hall–Kier alpha value is -3.15. The van der Waals surface area contributed by atoms with E-state index >= 15 is 0 Å². The van der Waals surface area contributed by atoms with Crippen molar-refractivity contribution in [2.24, 2.45) is 0 Å². The Morgan fingerprint density at radius 1 is 1.19 bits per heavy atom. The molecule has 1 heterocycles. The maximum absolute atomic E-state index is 12.0. The van der Waals surface area contributed by atoms with Crippen LogP contribution in [0.4, 0.5) is 5.69 Å². The summed E-state index contributed by atoms with van der Waals surface area (Å²) in [5.41, 5.74) is 2.67. The third-order valence-electron chi connectivity index (χ3n) is 3.73. The van der Waals surface area contributed by atoms with E-state index in [1.807, 2.05) is 43.3 Å². The SMILES string of the molecule is CCCc1nc(-c2cccc(OCC(=O)Nc3ccc(C)cc3)c2)no1. The number of anilines is 1. The van der Waals surface area contributed by atoms with Gasteiger partial charge in [-0.3, -0.25) is 4.79 Å². The lowest BCUT2D eigenvalue weighted by Gasteiger charge is -2.08. The van der Waals surface area contributed by atoms with E-state index in [0.717, 1.165) is 29.7 Å². The average molecular weight is 351 g/mol. The number of hydrogen-bond acceptors (Lipinski definition) is 5. The lowest BCUT2D eigenvalue weighted by atomic mass is 10.2. The molecule has 2 aromatic carbocycles. The number of nitrogens with one attached hydrogen (secondary N) is 1. The number of aromatic nitrogens is 2. The molecule has 6 nitrogen and oxygen atoms in total. The molecule has 0 bridgehead atoms. The summed E-state index contributed by atoms with van der Waals surface area (Å²) < 4.78 is 10.8. The number of amides is 1. The molecule has 0 aliphatic heterocycles. The number of aryl methyl sites for hydroxylation is 2. The van der Waals surface area contributed by atoms with E-state index in [4.69, 9.17) is 9.26 Å². The van der Waals surface area contributed by atoms with Gasteiger partial charge in [-0.05, 0) is 37.6 Å². The molecule has 0 saturated carbocycles. The van der Waals surface area contributed by atoms with Crippen molar-refractivity contribution >= 4 is 11.6 Å². The second-order valence-electron chi connectivity index (χ2n) is 5.99. The molecule has 1 amide bonds. The zero-order chi connectivity index (χ0) is 18.4. The fourth-order valence-electron chi connectivity index (χ4n) is 2.40. The maximum Gasteiger partial charge on any atom is 0.262 e. The molecule has 134 valence electrons. The topological polar surface area (TPSA) is 77.2 Å². The van der Waals surface area contributed by atoms with Gasteiger partial charge in [0, 0.05) is 17.7 Å². The Morgan fingerprint density at radius 2 is 2.00 bits per heavy atom. The summed E-state index contributed by atoms with van der Waals surface area (Å²) in [6, 6.07) is 14.9. The van der Waals surface area contributed by atoms with E-state index in [1.165, 1.54) is 0 Å². The molecule has 0 atom stereocenters. The average Bonchev–Trinajstić information content (AvgIpc) is 3.11. The summed E-state index contributed by atoms with van der Waals surface area (Å²) in [5.74, 6) is 1.49. The molecule has 3 rings (SSSR count). The number of carbonyl (C=O) groups excluding carboxylic acids is 1. The van der Waals surface area contributed by atoms with Gasteiger partial charge < -0.3 is 14.6 Å². The summed E-state index contributed by atoms with van der Waals surface area (Å²) in [5, 5.41) is 6.78. The predicted molar refractivity (Wildman–Crippen MR) is 99.0 cm³/mol. The van der Waals surface area contributed by atoms with Crippen molar-refractivity contribution in [1.82, 2.24) is 10.1 Å². The van der Waals surface area contributed by atoms with Crippen LogP contribution in [0.15, 0.2) is 53.1 Å². The second kappa shape index (κ2) is 8.29. The molecule has 0 fully saturated rings. The Kier molecular flexibility index (Phi) is 5.63. The standard InChI is InChI=1S/C20H21N3O3/c1-3-5-19-22-20(23-26-19)15-6-4-7-17(12-15)25-13-18(24)21-16-10-8-14(2)9-11-16/h4,6-12H,3,5,13H2,1-2H3,(H,21,24). The van der Waals surface area contributed by atoms with Crippen molar-refractivity contribution in [3.8, 4) is 17.1 Å². The summed E-state index contributed by atoms with van der Waals surface area (Å²) >= 11 is 0. The van der Waals surface area contributed by atoms with Gasteiger partial charge in [0.1, 0.15) is 5.75 Å². The molecule has 6 heteroatoms. The lowest BCUT2D eigenvalue weighted by molar-refractivity contribution is -0.118. The van der Waals surface area contributed by atoms with E-state index in [2.05, 4.69) is 22.4 Å². The number of benzene rings is 2. The van der Waals surface area contributed by atoms with E-state index in [9.17, 15) is 4.79 Å². The molecule has 1 aromatic heterocycles. The van der Waals surface area contributed by atoms with Crippen LogP contribution in [0.2, 0.25) is 0 Å². The van der Waals surface area contributed by atoms with Gasteiger partial charge in [0.15, 0.2) is 6.61 Å². The summed E-state index contributed by atoms with van der Waals surface area (Å²) in [7, 11) is 0. The van der Waals surface area contributed by atoms with Crippen LogP contribution in [0, 0.1) is 6.92 Å². The molecular weight excluding hydrogens is 330 g/mol. The Morgan fingerprint density at radius 3 is 2.77 bits per heavy atom. The van der Waals surface area contributed by atoms with Crippen molar-refractivity contribution in [2.75, 3.05) is 11.9 Å². The van der Waals surface area contributed by atoms with E-state index in [0.29, 0.717) is 17.5 Å². The zero-order valence-electron chi connectivity index (χ0n) is 14.9. The third-order valence-corrected chi connectivity index (χ3v) is 3.73. The molecule has 0 unspecified atom stereocenters. The van der Waals surface area contributed by atoms with Crippen LogP contribution in [0.5, 0.6) is 5.75 Å². The highest BCUT2D eigenvalue weighted by molar-refractivity contribution is 5.91. The van der Waals surface area contributed by atoms with Gasteiger partial charge in [-0.2, -0.15) is 4.98 Å². The van der Waals surface area contributed by atoms with Crippen LogP contribution in [0.3, 0.4) is 0 Å². The minimum Gasteiger partial charge on any atom is -0.484 e. The van der Waals surface area contributed by atoms with Crippen molar-refractivity contribution in [2.45, 2.75) is 26.7 Å². The normalized spacial score (nSPS) is 10.5. The second-order valence-corrected chi connectivity index (χ2v) is 5.99. The van der Waals surface area contributed by atoms with Crippen LogP contribution < -0.4 is 10.1 Å². The fraction of sp³-hybridized carbons (Fsp3) is 0.250. The first kappa shape index (κ1) is 17.7. The first-order chi connectivity index (χ1) is 12.6. The highest BCUT2D eigenvalue weighted by Gasteiger charge is 2.10. The maximum atomic E-state index is 12.0. The molecule has 1 N–H and O–H groups in total. The van der Waals surface area contributed by atoms with Crippen molar-refractivity contribution in [3.63, 3.8) is 0 Å². The number of carbonyl (C=O) groups is 1. The molecular formula is C20H21N3O3. The predicted octanol–water partition coefficient (Wildman–Crippen LogP) is 4.02. The smallest absolute Gasteiger partial charge is 0.262 e. The minimum atomic E-state index is -0.218. The minimum absolute atomic E-state index is 0.0787. The molecule has 3 aromatic rings. The Labute approximate surface area is 152 Å². The van der Waals surface area contributed by atoms with Gasteiger partial charge in [-0.1, -0.05) is 41.9 Å². The Bertz CT molecular complexity index is 872. The van der Waals surface area contributed by atoms with Crippen LogP contribution in [0.25, 0.3) is 11.4 Å². The monoisotopic (exact) mass is 351 g/mol. The van der Waals surface area contributed by atoms with E-state index in [-0.39, 0.29) is 12.5 Å². The first-order valence-corrected chi connectivity index (χ1v) is 8.56. The van der Waals surface area contributed by atoms with Crippen LogP contribution >= 0.6 is 0 Å². The lowest BCUT2D eigenvalue weighted by Crippen LogP contribution is -2.20. The van der Waals surface area contributed by atoms with Crippen molar-refractivity contribution in [1.29, 1.82) is 0 Å². The quantitative estimate of drug-likeness (QED) is 0.696. The fourth-order valence-corrected chi connectivity index (χ4v) is 2.40. The van der Waals surface area contributed by atoms with Crippen molar-refractivity contribution in [3.05, 3.63) is 60.0 Å². The number of nitrogens with zero attached hydrogens (tertiary/aromatic N) is 2. The highest BCUT2D eigenvalue weighted by atomic mass is 16.5. The van der Waals surface area contributed by atoms with Crippen LogP contribution in [0.1, 0.15) is 24.8 Å². The molecule has 0 saturated heterocycles. The van der Waals surface area contributed by atoms with Gasteiger partial charge in [-0.25, -0.2) is 0 Å². The van der Waals surface area contributed by atoms with Gasteiger partial charge >= 0.3 is 0 Å².